The molecule has 0 aromatic rings. The fraction of sp³-hybridized carbons (Fsp3) is 1.00. The highest BCUT2D eigenvalue weighted by atomic mass is 79.9. The molecule has 2 heteroatoms. The van der Waals surface area contributed by atoms with Crippen molar-refractivity contribution in [2.75, 3.05) is 6.54 Å². The molecule has 0 bridgehead atoms. The highest BCUT2D eigenvalue weighted by Crippen LogP contribution is 2.07. The van der Waals surface area contributed by atoms with Gasteiger partial charge in [0.05, 0.1) is 0 Å². The fourth-order valence-corrected chi connectivity index (χ4v) is 1.61. The van der Waals surface area contributed by atoms with Gasteiger partial charge in [0, 0.05) is 22.7 Å². The third kappa shape index (κ3) is 10.4. The summed E-state index contributed by atoms with van der Waals surface area (Å²) >= 11 is 3.20. The smallest absolute Gasteiger partial charge is 0.00875 e. The average Bonchev–Trinajstić information content (AvgIpc) is 2.10. The molecule has 1 nitrogen and oxygen atoms in total. The van der Waals surface area contributed by atoms with Crippen molar-refractivity contribution in [1.29, 1.82) is 0 Å². The molecule has 0 aromatic heterocycles. The summed E-state index contributed by atoms with van der Waals surface area (Å²) in [6, 6.07) is 0. The van der Waals surface area contributed by atoms with Crippen LogP contribution in [0.1, 0.15) is 58.3 Å². The zero-order chi connectivity index (χ0) is 9.07. The lowest BCUT2D eigenvalue weighted by Crippen LogP contribution is -1.98. The number of hydrogen-bond donors (Lipinski definition) is 1. The largest absolute Gasteiger partial charge is 0.256 e. The summed E-state index contributed by atoms with van der Waals surface area (Å²) in [4.78, 5) is 0. The van der Waals surface area contributed by atoms with Crippen molar-refractivity contribution in [3.63, 3.8) is 0 Å². The van der Waals surface area contributed by atoms with Crippen LogP contribution in [0.25, 0.3) is 0 Å². The molecule has 0 saturated carbocycles. The second-order valence-electron chi connectivity index (χ2n) is 3.36. The van der Waals surface area contributed by atoms with E-state index in [0.717, 1.165) is 6.54 Å². The van der Waals surface area contributed by atoms with Gasteiger partial charge in [-0.25, -0.2) is 0 Å². The Hall–Kier alpha value is 0.440. The summed E-state index contributed by atoms with van der Waals surface area (Å²) in [7, 11) is 0. The standard InChI is InChI=1S/C10H22BrN/c1-2-3-4-5-6-7-8-9-10-12-11/h12H,2-10H2,1H3. The lowest BCUT2D eigenvalue weighted by molar-refractivity contribution is 0.576. The maximum absolute atomic E-state index is 3.20. The summed E-state index contributed by atoms with van der Waals surface area (Å²) in [5.74, 6) is 0. The summed E-state index contributed by atoms with van der Waals surface area (Å²) in [5.41, 5.74) is 0. The molecule has 12 heavy (non-hydrogen) atoms. The van der Waals surface area contributed by atoms with E-state index >= 15 is 0 Å². The molecule has 0 spiro atoms. The summed E-state index contributed by atoms with van der Waals surface area (Å²) in [5, 5.41) is 0. The quantitative estimate of drug-likeness (QED) is 0.471. The van der Waals surface area contributed by atoms with Gasteiger partial charge >= 0.3 is 0 Å². The average molecular weight is 236 g/mol. The van der Waals surface area contributed by atoms with Crippen molar-refractivity contribution in [2.45, 2.75) is 58.3 Å². The Balaban J connectivity index is 2.73. The Bertz CT molecular complexity index is 66.2. The zero-order valence-electron chi connectivity index (χ0n) is 8.24. The van der Waals surface area contributed by atoms with Gasteiger partial charge in [-0.2, -0.15) is 0 Å². The molecule has 74 valence electrons. The first-order valence-corrected chi connectivity index (χ1v) is 6.04. The van der Waals surface area contributed by atoms with Crippen molar-refractivity contribution in [2.24, 2.45) is 0 Å². The van der Waals surface area contributed by atoms with Crippen LogP contribution in [-0.2, 0) is 0 Å². The van der Waals surface area contributed by atoms with Crippen LogP contribution in [0.3, 0.4) is 0 Å². The Morgan fingerprint density at radius 2 is 1.33 bits per heavy atom. The van der Waals surface area contributed by atoms with Crippen LogP contribution in [0.2, 0.25) is 0 Å². The van der Waals surface area contributed by atoms with Gasteiger partial charge in [0.25, 0.3) is 0 Å². The first-order valence-electron chi connectivity index (χ1n) is 5.25. The maximum atomic E-state index is 3.20. The van der Waals surface area contributed by atoms with Crippen LogP contribution in [0.5, 0.6) is 0 Å². The molecule has 0 saturated heterocycles. The predicted molar refractivity (Wildman–Crippen MR) is 59.5 cm³/mol. The highest BCUT2D eigenvalue weighted by Gasteiger charge is 1.90. The number of halogens is 1. The number of unbranched alkanes of at least 4 members (excludes halogenated alkanes) is 7. The van der Waals surface area contributed by atoms with E-state index in [1.165, 1.54) is 51.4 Å². The Morgan fingerprint density at radius 3 is 1.83 bits per heavy atom. The monoisotopic (exact) mass is 235 g/mol. The van der Waals surface area contributed by atoms with Crippen molar-refractivity contribution in [3.05, 3.63) is 0 Å². The lowest BCUT2D eigenvalue weighted by atomic mass is 10.1. The molecule has 0 radical (unpaired) electrons. The van der Waals surface area contributed by atoms with Gasteiger partial charge in [-0.3, -0.25) is 4.34 Å². The minimum absolute atomic E-state index is 1.11. The van der Waals surface area contributed by atoms with Crippen molar-refractivity contribution < 1.29 is 0 Å². The second-order valence-corrected chi connectivity index (χ2v) is 3.92. The van der Waals surface area contributed by atoms with E-state index in [9.17, 15) is 0 Å². The molecule has 1 N–H and O–H groups in total. The number of nitrogens with one attached hydrogen (secondary N) is 1. The van der Waals surface area contributed by atoms with Gasteiger partial charge in [0.15, 0.2) is 0 Å². The number of hydrogen-bond acceptors (Lipinski definition) is 1. The minimum atomic E-state index is 1.11. The molecular weight excluding hydrogens is 214 g/mol. The predicted octanol–water partition coefficient (Wildman–Crippen LogP) is 4.03. The van der Waals surface area contributed by atoms with E-state index < -0.39 is 0 Å². The molecule has 0 amide bonds. The van der Waals surface area contributed by atoms with Gasteiger partial charge in [0.1, 0.15) is 0 Å². The van der Waals surface area contributed by atoms with Gasteiger partial charge < -0.3 is 0 Å². The molecule has 0 atom stereocenters. The third-order valence-electron chi connectivity index (χ3n) is 2.12. The molecule has 0 unspecified atom stereocenters. The molecule has 0 aliphatic heterocycles. The van der Waals surface area contributed by atoms with Gasteiger partial charge in [-0.15, -0.1) is 0 Å². The van der Waals surface area contributed by atoms with Gasteiger partial charge in [-0.1, -0.05) is 51.9 Å². The van der Waals surface area contributed by atoms with Crippen molar-refractivity contribution in [3.8, 4) is 0 Å². The van der Waals surface area contributed by atoms with Crippen LogP contribution in [0, 0.1) is 0 Å². The summed E-state index contributed by atoms with van der Waals surface area (Å²) < 4.78 is 2.99. The normalized spacial score (nSPS) is 10.5. The van der Waals surface area contributed by atoms with Crippen LogP contribution < -0.4 is 4.34 Å². The van der Waals surface area contributed by atoms with Gasteiger partial charge in [-0.05, 0) is 6.42 Å². The van der Waals surface area contributed by atoms with E-state index in [2.05, 4.69) is 27.4 Å². The minimum Gasteiger partial charge on any atom is -0.256 e. The number of rotatable bonds is 9. The molecule has 0 fully saturated rings. The van der Waals surface area contributed by atoms with Crippen LogP contribution in [0.4, 0.5) is 0 Å². The van der Waals surface area contributed by atoms with E-state index in [1.807, 2.05) is 0 Å². The van der Waals surface area contributed by atoms with Crippen LogP contribution in [-0.4, -0.2) is 6.54 Å². The van der Waals surface area contributed by atoms with E-state index in [-0.39, 0.29) is 0 Å². The van der Waals surface area contributed by atoms with Crippen LogP contribution in [0.15, 0.2) is 0 Å². The molecule has 0 aromatic carbocycles. The first-order chi connectivity index (χ1) is 5.91. The van der Waals surface area contributed by atoms with Crippen LogP contribution >= 0.6 is 16.1 Å². The van der Waals surface area contributed by atoms with Gasteiger partial charge in [0.2, 0.25) is 0 Å². The Kier molecular flexibility index (Phi) is 11.9. The highest BCUT2D eigenvalue weighted by molar-refractivity contribution is 9.08. The van der Waals surface area contributed by atoms with Crippen molar-refractivity contribution >= 4 is 16.1 Å². The van der Waals surface area contributed by atoms with E-state index in [1.54, 1.807) is 0 Å². The van der Waals surface area contributed by atoms with Crippen molar-refractivity contribution in [1.82, 2.24) is 4.34 Å². The zero-order valence-corrected chi connectivity index (χ0v) is 9.83. The fourth-order valence-electron chi connectivity index (χ4n) is 1.33. The summed E-state index contributed by atoms with van der Waals surface area (Å²) in [6.07, 6.45) is 11.2. The molecule has 0 aliphatic rings. The first kappa shape index (κ1) is 12.4. The SMILES string of the molecule is CCCCCCCCCCNBr. The maximum Gasteiger partial charge on any atom is 0.00875 e. The molecule has 0 rings (SSSR count). The third-order valence-corrected chi connectivity index (χ3v) is 2.52. The second kappa shape index (κ2) is 11.4. The molecule has 0 aliphatic carbocycles. The summed E-state index contributed by atoms with van der Waals surface area (Å²) in [6.45, 7) is 3.37. The molecule has 0 heterocycles. The topological polar surface area (TPSA) is 12.0 Å². The Morgan fingerprint density at radius 1 is 0.833 bits per heavy atom. The Labute approximate surface area is 85.7 Å². The lowest BCUT2D eigenvalue weighted by Gasteiger charge is -2.00. The van der Waals surface area contributed by atoms with E-state index in [0.29, 0.717) is 0 Å². The van der Waals surface area contributed by atoms with E-state index in [4.69, 9.17) is 0 Å². The molecular formula is C10H22BrN.